The van der Waals surface area contributed by atoms with Crippen LogP contribution in [0.25, 0.3) is 0 Å². The van der Waals surface area contributed by atoms with Crippen LogP contribution in [0, 0.1) is 0 Å². The van der Waals surface area contributed by atoms with Gasteiger partial charge in [-0.25, -0.2) is 4.98 Å². The van der Waals surface area contributed by atoms with Gasteiger partial charge >= 0.3 is 0 Å². The Morgan fingerprint density at radius 1 is 1.38 bits per heavy atom. The molecule has 1 atom stereocenters. The van der Waals surface area contributed by atoms with Gasteiger partial charge in [0.1, 0.15) is 10.7 Å². The third-order valence-electron chi connectivity index (χ3n) is 3.07. The largest absolute Gasteiger partial charge is 0.329 e. The lowest BCUT2D eigenvalue weighted by Gasteiger charge is -2.25. The van der Waals surface area contributed by atoms with Crippen LogP contribution in [0.3, 0.4) is 0 Å². The maximum atomic E-state index is 12.6. The molecular formula is C15H20N4OS. The maximum absolute atomic E-state index is 12.6. The number of amides is 1. The fourth-order valence-electron chi connectivity index (χ4n) is 1.90. The quantitative estimate of drug-likeness (QED) is 0.921. The molecule has 2 aromatic heterocycles. The van der Waals surface area contributed by atoms with Gasteiger partial charge in [-0.2, -0.15) is 0 Å². The van der Waals surface area contributed by atoms with E-state index in [-0.39, 0.29) is 18.0 Å². The molecule has 0 radical (unpaired) electrons. The number of hydrogen-bond acceptors (Lipinski definition) is 5. The third kappa shape index (κ3) is 3.86. The zero-order valence-corrected chi connectivity index (χ0v) is 13.3. The average Bonchev–Trinajstić information content (AvgIpc) is 2.95. The molecule has 0 bridgehead atoms. The highest BCUT2D eigenvalue weighted by atomic mass is 32.1. The Morgan fingerprint density at radius 2 is 2.14 bits per heavy atom. The number of rotatable bonds is 5. The Balaban J connectivity index is 2.19. The van der Waals surface area contributed by atoms with Crippen molar-refractivity contribution in [2.75, 3.05) is 0 Å². The number of nitrogens with two attached hydrogens (primary N) is 1. The standard InChI is InChI=1S/C15H20N4OS/c1-10(2)19(8-12-6-4-5-7-17-12)15(20)13-9-21-14(18-13)11(3)16/h4-7,9-11H,8,16H2,1-3H3. The Bertz CT molecular complexity index is 595. The number of hydrogen-bond donors (Lipinski definition) is 1. The summed E-state index contributed by atoms with van der Waals surface area (Å²) >= 11 is 1.42. The normalized spacial score (nSPS) is 12.4. The number of nitrogens with zero attached hydrogens (tertiary/aromatic N) is 3. The lowest BCUT2D eigenvalue weighted by Crippen LogP contribution is -2.36. The summed E-state index contributed by atoms with van der Waals surface area (Å²) in [5.41, 5.74) is 7.12. The lowest BCUT2D eigenvalue weighted by atomic mass is 10.2. The minimum Gasteiger partial charge on any atom is -0.329 e. The van der Waals surface area contributed by atoms with E-state index in [0.717, 1.165) is 10.7 Å². The Kier molecular flexibility index (Phi) is 5.03. The molecule has 2 heterocycles. The molecule has 1 unspecified atom stereocenters. The zero-order chi connectivity index (χ0) is 15.4. The Morgan fingerprint density at radius 3 is 2.67 bits per heavy atom. The fourth-order valence-corrected chi connectivity index (χ4v) is 2.65. The van der Waals surface area contributed by atoms with Crippen molar-refractivity contribution in [2.45, 2.75) is 39.4 Å². The van der Waals surface area contributed by atoms with Crippen molar-refractivity contribution in [3.63, 3.8) is 0 Å². The number of carbonyl (C=O) groups is 1. The second kappa shape index (κ2) is 6.78. The second-order valence-corrected chi connectivity index (χ2v) is 6.10. The SMILES string of the molecule is CC(N)c1nc(C(=O)N(Cc2ccccn2)C(C)C)cs1. The van der Waals surface area contributed by atoms with E-state index in [2.05, 4.69) is 9.97 Å². The van der Waals surface area contributed by atoms with Crippen molar-refractivity contribution in [3.05, 3.63) is 46.2 Å². The van der Waals surface area contributed by atoms with Gasteiger partial charge < -0.3 is 10.6 Å². The van der Waals surface area contributed by atoms with Crippen molar-refractivity contribution >= 4 is 17.2 Å². The van der Waals surface area contributed by atoms with Crippen LogP contribution in [-0.2, 0) is 6.54 Å². The van der Waals surface area contributed by atoms with Gasteiger partial charge in [0.2, 0.25) is 0 Å². The maximum Gasteiger partial charge on any atom is 0.273 e. The van der Waals surface area contributed by atoms with Gasteiger partial charge in [-0.3, -0.25) is 9.78 Å². The van der Waals surface area contributed by atoms with Gasteiger partial charge in [-0.05, 0) is 32.9 Å². The van der Waals surface area contributed by atoms with E-state index in [9.17, 15) is 4.79 Å². The highest BCUT2D eigenvalue weighted by Crippen LogP contribution is 2.18. The molecule has 112 valence electrons. The molecule has 0 spiro atoms. The summed E-state index contributed by atoms with van der Waals surface area (Å²) in [6.45, 7) is 6.31. The number of aromatic nitrogens is 2. The molecule has 0 saturated carbocycles. The first kappa shape index (κ1) is 15.6. The number of thiazole rings is 1. The van der Waals surface area contributed by atoms with Gasteiger partial charge in [-0.15, -0.1) is 11.3 Å². The molecule has 2 N–H and O–H groups in total. The molecule has 0 aromatic carbocycles. The molecule has 6 heteroatoms. The minimum atomic E-state index is -0.153. The molecule has 21 heavy (non-hydrogen) atoms. The first-order chi connectivity index (χ1) is 9.99. The second-order valence-electron chi connectivity index (χ2n) is 5.21. The molecule has 0 aliphatic heterocycles. The lowest BCUT2D eigenvalue weighted by molar-refractivity contribution is 0.0682. The van der Waals surface area contributed by atoms with Crippen LogP contribution in [0.4, 0.5) is 0 Å². The molecular weight excluding hydrogens is 284 g/mol. The van der Waals surface area contributed by atoms with E-state index in [1.807, 2.05) is 39.0 Å². The first-order valence-corrected chi connectivity index (χ1v) is 7.79. The minimum absolute atomic E-state index is 0.0694. The summed E-state index contributed by atoms with van der Waals surface area (Å²) in [4.78, 5) is 23.0. The predicted octanol–water partition coefficient (Wildman–Crippen LogP) is 2.61. The summed E-state index contributed by atoms with van der Waals surface area (Å²) in [7, 11) is 0. The average molecular weight is 304 g/mol. The molecule has 0 fully saturated rings. The predicted molar refractivity (Wildman–Crippen MR) is 84.0 cm³/mol. The summed E-state index contributed by atoms with van der Waals surface area (Å²) < 4.78 is 0. The van der Waals surface area contributed by atoms with Crippen molar-refractivity contribution in [1.82, 2.24) is 14.9 Å². The molecule has 0 aliphatic rings. The van der Waals surface area contributed by atoms with Crippen LogP contribution >= 0.6 is 11.3 Å². The summed E-state index contributed by atoms with van der Waals surface area (Å²) in [6, 6.07) is 5.61. The van der Waals surface area contributed by atoms with Crippen molar-refractivity contribution in [3.8, 4) is 0 Å². The monoisotopic (exact) mass is 304 g/mol. The van der Waals surface area contributed by atoms with Crippen molar-refractivity contribution in [1.29, 1.82) is 0 Å². The molecule has 2 rings (SSSR count). The van der Waals surface area contributed by atoms with Crippen LogP contribution in [0.15, 0.2) is 29.8 Å². The van der Waals surface area contributed by atoms with Crippen LogP contribution < -0.4 is 5.73 Å². The van der Waals surface area contributed by atoms with E-state index in [4.69, 9.17) is 5.73 Å². The van der Waals surface area contributed by atoms with Crippen LogP contribution in [0.5, 0.6) is 0 Å². The summed E-state index contributed by atoms with van der Waals surface area (Å²) in [6.07, 6.45) is 1.73. The molecule has 5 nitrogen and oxygen atoms in total. The van der Waals surface area contributed by atoms with Gasteiger partial charge in [-0.1, -0.05) is 6.07 Å². The molecule has 0 saturated heterocycles. The summed E-state index contributed by atoms with van der Waals surface area (Å²) in [5, 5.41) is 2.55. The van der Waals surface area contributed by atoms with Crippen LogP contribution in [-0.4, -0.2) is 26.8 Å². The van der Waals surface area contributed by atoms with E-state index in [0.29, 0.717) is 12.2 Å². The Labute approximate surface area is 128 Å². The highest BCUT2D eigenvalue weighted by Gasteiger charge is 2.22. The van der Waals surface area contributed by atoms with Crippen molar-refractivity contribution < 1.29 is 4.79 Å². The third-order valence-corrected chi connectivity index (χ3v) is 4.12. The van der Waals surface area contributed by atoms with Gasteiger partial charge in [0.15, 0.2) is 0 Å². The molecule has 1 amide bonds. The number of pyridine rings is 1. The van der Waals surface area contributed by atoms with E-state index < -0.39 is 0 Å². The Hall–Kier alpha value is -1.79. The van der Waals surface area contributed by atoms with Gasteiger partial charge in [0.05, 0.1) is 18.3 Å². The first-order valence-electron chi connectivity index (χ1n) is 6.91. The fraction of sp³-hybridized carbons (Fsp3) is 0.400. The van der Waals surface area contributed by atoms with Gasteiger partial charge in [0, 0.05) is 17.6 Å². The zero-order valence-electron chi connectivity index (χ0n) is 12.5. The van der Waals surface area contributed by atoms with Crippen LogP contribution in [0.1, 0.15) is 48.0 Å². The van der Waals surface area contributed by atoms with E-state index in [1.165, 1.54) is 11.3 Å². The smallest absolute Gasteiger partial charge is 0.273 e. The van der Waals surface area contributed by atoms with E-state index in [1.54, 1.807) is 16.5 Å². The van der Waals surface area contributed by atoms with E-state index >= 15 is 0 Å². The molecule has 0 aliphatic carbocycles. The molecule has 2 aromatic rings. The number of carbonyl (C=O) groups excluding carboxylic acids is 1. The topological polar surface area (TPSA) is 72.1 Å². The van der Waals surface area contributed by atoms with Crippen molar-refractivity contribution in [2.24, 2.45) is 5.73 Å². The van der Waals surface area contributed by atoms with Crippen LogP contribution in [0.2, 0.25) is 0 Å². The summed E-state index contributed by atoms with van der Waals surface area (Å²) in [5.74, 6) is -0.0844. The van der Waals surface area contributed by atoms with Gasteiger partial charge in [0.25, 0.3) is 5.91 Å². The highest BCUT2D eigenvalue weighted by molar-refractivity contribution is 7.09.